The summed E-state index contributed by atoms with van der Waals surface area (Å²) in [5.41, 5.74) is 1.30. The average Bonchev–Trinajstić information content (AvgIpc) is 3.39. The number of benzene rings is 1. The number of rotatable bonds is 6. The molecule has 1 aromatic carbocycles. The van der Waals surface area contributed by atoms with Gasteiger partial charge in [-0.05, 0) is 29.7 Å². The van der Waals surface area contributed by atoms with Crippen LogP contribution in [0.4, 0.5) is 4.39 Å². The molecule has 3 heterocycles. The molecule has 0 saturated carbocycles. The smallest absolute Gasteiger partial charge is 0.244 e. The van der Waals surface area contributed by atoms with Crippen molar-refractivity contribution >= 4 is 39.6 Å². The number of aromatic nitrogens is 3. The van der Waals surface area contributed by atoms with Crippen LogP contribution in [0, 0.1) is 5.82 Å². The van der Waals surface area contributed by atoms with Gasteiger partial charge >= 0.3 is 0 Å². The highest BCUT2D eigenvalue weighted by molar-refractivity contribution is 7.15. The lowest BCUT2D eigenvalue weighted by Gasteiger charge is -2.01. The first-order valence-electron chi connectivity index (χ1n) is 8.28. The minimum atomic E-state index is -0.345. The molecule has 0 aliphatic rings. The Balaban J connectivity index is 1.41. The third-order valence-corrected chi connectivity index (χ3v) is 5.59. The maximum Gasteiger partial charge on any atom is 0.244 e. The van der Waals surface area contributed by atoms with E-state index < -0.39 is 0 Å². The molecule has 0 unspecified atom stereocenters. The van der Waals surface area contributed by atoms with Crippen LogP contribution in [0.25, 0.3) is 22.4 Å². The van der Waals surface area contributed by atoms with Crippen LogP contribution >= 0.6 is 22.7 Å². The first kappa shape index (κ1) is 17.6. The largest absolute Gasteiger partial charge is 0.352 e. The van der Waals surface area contributed by atoms with E-state index in [1.165, 1.54) is 23.5 Å². The van der Waals surface area contributed by atoms with E-state index in [1.807, 2.05) is 22.9 Å². The Bertz CT molecular complexity index is 1100. The van der Waals surface area contributed by atoms with E-state index in [0.717, 1.165) is 10.6 Å². The van der Waals surface area contributed by atoms with E-state index in [-0.39, 0.29) is 11.7 Å². The fourth-order valence-corrected chi connectivity index (χ4v) is 4.04. The van der Waals surface area contributed by atoms with Crippen molar-refractivity contribution < 1.29 is 9.18 Å². The summed E-state index contributed by atoms with van der Waals surface area (Å²) in [7, 11) is 0. The van der Waals surface area contributed by atoms with Gasteiger partial charge in [-0.2, -0.15) is 4.98 Å². The van der Waals surface area contributed by atoms with Crippen molar-refractivity contribution in [3.8, 4) is 11.4 Å². The summed E-state index contributed by atoms with van der Waals surface area (Å²) >= 11 is 3.02. The molecule has 0 aliphatic heterocycles. The summed E-state index contributed by atoms with van der Waals surface area (Å²) in [5, 5.41) is 11.2. The van der Waals surface area contributed by atoms with Crippen molar-refractivity contribution in [3.63, 3.8) is 0 Å². The molecule has 4 aromatic rings. The zero-order valence-electron chi connectivity index (χ0n) is 14.1. The van der Waals surface area contributed by atoms with Gasteiger partial charge in [0.2, 0.25) is 10.9 Å². The minimum absolute atomic E-state index is 0.138. The van der Waals surface area contributed by atoms with Gasteiger partial charge in [0, 0.05) is 29.3 Å². The number of halogens is 1. The van der Waals surface area contributed by atoms with Crippen LogP contribution < -0.4 is 5.32 Å². The topological polar surface area (TPSA) is 59.3 Å². The predicted octanol–water partition coefficient (Wildman–Crippen LogP) is 4.03. The van der Waals surface area contributed by atoms with Gasteiger partial charge in [-0.3, -0.25) is 4.79 Å². The number of nitrogens with zero attached hydrogens (tertiary/aromatic N) is 3. The van der Waals surface area contributed by atoms with E-state index >= 15 is 0 Å². The highest BCUT2D eigenvalue weighted by atomic mass is 32.1. The van der Waals surface area contributed by atoms with E-state index in [2.05, 4.69) is 15.4 Å². The van der Waals surface area contributed by atoms with Crippen molar-refractivity contribution in [1.29, 1.82) is 0 Å². The van der Waals surface area contributed by atoms with Crippen LogP contribution in [-0.4, -0.2) is 27.0 Å². The number of hydrogen-bond donors (Lipinski definition) is 1. The zero-order chi connectivity index (χ0) is 18.6. The van der Waals surface area contributed by atoms with Crippen LogP contribution in [0.15, 0.2) is 53.2 Å². The van der Waals surface area contributed by atoms with Crippen molar-refractivity contribution in [3.05, 3.63) is 69.6 Å². The van der Waals surface area contributed by atoms with E-state index in [9.17, 15) is 9.18 Å². The normalized spacial score (nSPS) is 11.4. The van der Waals surface area contributed by atoms with Crippen molar-refractivity contribution in [2.24, 2.45) is 0 Å². The molecular weight excluding hydrogens is 383 g/mol. The van der Waals surface area contributed by atoms with Crippen LogP contribution in [0.3, 0.4) is 0 Å². The molecule has 0 saturated heterocycles. The first-order valence-corrected chi connectivity index (χ1v) is 10.0. The number of thiazole rings is 1. The standard InChI is InChI=1S/C19H15FN4OS2/c20-16-6-2-1-5-15(16)18-22-19-24(23-18)13(12-27-19)9-10-21-17(25)8-7-14-4-3-11-26-14/h1-8,11-12H,9-10H2,(H,21,25). The summed E-state index contributed by atoms with van der Waals surface area (Å²) in [6, 6.07) is 10.3. The molecule has 0 bridgehead atoms. The number of carbonyl (C=O) groups is 1. The summed E-state index contributed by atoms with van der Waals surface area (Å²) < 4.78 is 15.6. The molecule has 0 radical (unpaired) electrons. The molecule has 3 aromatic heterocycles. The van der Waals surface area contributed by atoms with Crippen LogP contribution in [-0.2, 0) is 11.2 Å². The molecule has 27 heavy (non-hydrogen) atoms. The maximum absolute atomic E-state index is 13.9. The molecule has 8 heteroatoms. The molecule has 1 amide bonds. The SMILES string of the molecule is O=C(C=Cc1cccs1)NCCc1csc2nc(-c3ccccc3F)nn12. The van der Waals surface area contributed by atoms with Crippen molar-refractivity contribution in [2.75, 3.05) is 6.54 Å². The Labute approximate surface area is 162 Å². The third kappa shape index (κ3) is 3.96. The van der Waals surface area contributed by atoms with Crippen molar-refractivity contribution in [1.82, 2.24) is 19.9 Å². The fourth-order valence-electron chi connectivity index (χ4n) is 2.57. The lowest BCUT2D eigenvalue weighted by molar-refractivity contribution is -0.116. The Kier molecular flexibility index (Phi) is 5.08. The first-order chi connectivity index (χ1) is 13.2. The monoisotopic (exact) mass is 398 g/mol. The summed E-state index contributed by atoms with van der Waals surface area (Å²) in [6.45, 7) is 0.480. The number of carbonyl (C=O) groups excluding carboxylic acids is 1. The predicted molar refractivity (Wildman–Crippen MR) is 106 cm³/mol. The third-order valence-electron chi connectivity index (χ3n) is 3.89. The number of hydrogen-bond acceptors (Lipinski definition) is 5. The molecule has 0 fully saturated rings. The minimum Gasteiger partial charge on any atom is -0.352 e. The lowest BCUT2D eigenvalue weighted by atomic mass is 10.2. The molecular formula is C19H15FN4OS2. The molecule has 136 valence electrons. The Morgan fingerprint density at radius 1 is 1.22 bits per heavy atom. The Hall–Kier alpha value is -2.84. The highest BCUT2D eigenvalue weighted by Crippen LogP contribution is 2.23. The quantitative estimate of drug-likeness (QED) is 0.499. The van der Waals surface area contributed by atoms with Gasteiger partial charge in [0.1, 0.15) is 5.82 Å². The van der Waals surface area contributed by atoms with Gasteiger partial charge in [0.25, 0.3) is 0 Å². The molecule has 1 N–H and O–H groups in total. The van der Waals surface area contributed by atoms with Gasteiger partial charge in [-0.15, -0.1) is 27.8 Å². The Morgan fingerprint density at radius 3 is 2.93 bits per heavy atom. The van der Waals surface area contributed by atoms with Crippen LogP contribution in [0.1, 0.15) is 10.6 Å². The molecule has 0 atom stereocenters. The van der Waals surface area contributed by atoms with E-state index in [4.69, 9.17) is 0 Å². The summed E-state index contributed by atoms with van der Waals surface area (Å²) in [5.74, 6) is -0.119. The van der Waals surface area contributed by atoms with E-state index in [0.29, 0.717) is 29.3 Å². The maximum atomic E-state index is 13.9. The Morgan fingerprint density at radius 2 is 2.11 bits per heavy atom. The fraction of sp³-hybridized carbons (Fsp3) is 0.105. The number of fused-ring (bicyclic) bond motifs is 1. The average molecular weight is 398 g/mol. The molecule has 4 rings (SSSR count). The van der Waals surface area contributed by atoms with Crippen LogP contribution in [0.2, 0.25) is 0 Å². The number of thiophene rings is 1. The van der Waals surface area contributed by atoms with E-state index in [1.54, 1.807) is 40.1 Å². The second-order valence-electron chi connectivity index (χ2n) is 5.73. The lowest BCUT2D eigenvalue weighted by Crippen LogP contribution is -2.23. The molecule has 5 nitrogen and oxygen atoms in total. The summed E-state index contributed by atoms with van der Waals surface area (Å²) in [6.07, 6.45) is 3.93. The van der Waals surface area contributed by atoms with Gasteiger partial charge in [-0.25, -0.2) is 8.91 Å². The second kappa shape index (κ2) is 7.81. The summed E-state index contributed by atoms with van der Waals surface area (Å²) in [4.78, 5) is 18.0. The van der Waals surface area contributed by atoms with Gasteiger partial charge in [0.15, 0.2) is 5.82 Å². The van der Waals surface area contributed by atoms with Crippen LogP contribution in [0.5, 0.6) is 0 Å². The van der Waals surface area contributed by atoms with Gasteiger partial charge in [0.05, 0.1) is 11.3 Å². The van der Waals surface area contributed by atoms with Crippen molar-refractivity contribution in [2.45, 2.75) is 6.42 Å². The second-order valence-corrected chi connectivity index (χ2v) is 7.54. The molecule has 0 aliphatic carbocycles. The number of nitrogens with one attached hydrogen (secondary N) is 1. The van der Waals surface area contributed by atoms with Gasteiger partial charge < -0.3 is 5.32 Å². The number of amides is 1. The molecule has 0 spiro atoms. The van der Waals surface area contributed by atoms with Gasteiger partial charge in [-0.1, -0.05) is 18.2 Å². The highest BCUT2D eigenvalue weighted by Gasteiger charge is 2.14. The zero-order valence-corrected chi connectivity index (χ0v) is 15.8.